The summed E-state index contributed by atoms with van der Waals surface area (Å²) >= 11 is 0. The second kappa shape index (κ2) is 6.90. The van der Waals surface area contributed by atoms with Gasteiger partial charge in [-0.15, -0.1) is 0 Å². The minimum Gasteiger partial charge on any atom is -0.386 e. The highest BCUT2D eigenvalue weighted by Gasteiger charge is 2.39. The maximum absolute atomic E-state index is 12.4. The Labute approximate surface area is 140 Å². The molecule has 2 bridgehead atoms. The number of hydrogen-bond donors (Lipinski definition) is 1. The highest BCUT2D eigenvalue weighted by atomic mass is 16.5. The van der Waals surface area contributed by atoms with Gasteiger partial charge in [-0.2, -0.15) is 0 Å². The molecule has 0 aromatic carbocycles. The molecule has 1 fully saturated rings. The Morgan fingerprint density at radius 1 is 1.30 bits per heavy atom. The van der Waals surface area contributed by atoms with Crippen molar-refractivity contribution in [1.82, 2.24) is 0 Å². The maximum Gasteiger partial charge on any atom is 0.138 e. The molecule has 23 heavy (non-hydrogen) atoms. The molecule has 1 N–H and O–H groups in total. The molecule has 0 radical (unpaired) electrons. The lowest BCUT2D eigenvalue weighted by Gasteiger charge is -2.26. The fraction of sp³-hybridized carbons (Fsp3) is 0.750. The molecule has 0 aromatic rings. The summed E-state index contributed by atoms with van der Waals surface area (Å²) in [6.45, 7) is 10.3. The van der Waals surface area contributed by atoms with Gasteiger partial charge in [-0.05, 0) is 57.4 Å². The Kier molecular flexibility index (Phi) is 5.52. The molecule has 4 unspecified atom stereocenters. The monoisotopic (exact) mass is 320 g/mol. The van der Waals surface area contributed by atoms with Crippen molar-refractivity contribution in [1.29, 1.82) is 0 Å². The highest BCUT2D eigenvalue weighted by molar-refractivity contribution is 5.80. The van der Waals surface area contributed by atoms with Gasteiger partial charge in [0, 0.05) is 12.8 Å². The fourth-order valence-corrected chi connectivity index (χ4v) is 3.64. The van der Waals surface area contributed by atoms with Crippen molar-refractivity contribution in [3.63, 3.8) is 0 Å². The first kappa shape index (κ1) is 18.4. The van der Waals surface area contributed by atoms with Gasteiger partial charge in [-0.1, -0.05) is 32.1 Å². The number of fused-ring (bicyclic) bond motifs is 2. The SMILES string of the molecule is CC1=CCC(C(C)C)C=CC(C)(O)CC(=O)CC2(C)CCC1O2. The van der Waals surface area contributed by atoms with E-state index in [2.05, 4.69) is 32.9 Å². The van der Waals surface area contributed by atoms with Crippen LogP contribution in [0.25, 0.3) is 0 Å². The van der Waals surface area contributed by atoms with Gasteiger partial charge < -0.3 is 9.84 Å². The number of hydrogen-bond acceptors (Lipinski definition) is 3. The third kappa shape index (κ3) is 5.02. The minimum absolute atomic E-state index is 0.0739. The van der Waals surface area contributed by atoms with Crippen molar-refractivity contribution < 1.29 is 14.6 Å². The lowest BCUT2D eigenvalue weighted by atomic mass is 9.86. The van der Waals surface area contributed by atoms with Crippen molar-refractivity contribution in [2.45, 2.75) is 84.0 Å². The Morgan fingerprint density at radius 3 is 2.65 bits per heavy atom. The molecule has 0 aromatic heterocycles. The van der Waals surface area contributed by atoms with Gasteiger partial charge in [-0.25, -0.2) is 0 Å². The summed E-state index contributed by atoms with van der Waals surface area (Å²) in [5.41, 5.74) is -0.195. The van der Waals surface area contributed by atoms with Crippen LogP contribution in [0.15, 0.2) is 23.8 Å². The number of ketones is 1. The highest BCUT2D eigenvalue weighted by Crippen LogP contribution is 2.37. The van der Waals surface area contributed by atoms with Crippen LogP contribution >= 0.6 is 0 Å². The molecular weight excluding hydrogens is 288 g/mol. The molecule has 1 saturated heterocycles. The van der Waals surface area contributed by atoms with E-state index in [0.29, 0.717) is 18.3 Å². The van der Waals surface area contributed by atoms with E-state index in [4.69, 9.17) is 4.74 Å². The first-order chi connectivity index (χ1) is 10.6. The minimum atomic E-state index is -1.08. The molecule has 0 saturated carbocycles. The van der Waals surface area contributed by atoms with Gasteiger partial charge in [0.2, 0.25) is 0 Å². The largest absolute Gasteiger partial charge is 0.386 e. The van der Waals surface area contributed by atoms with Crippen LogP contribution in [0.5, 0.6) is 0 Å². The summed E-state index contributed by atoms with van der Waals surface area (Å²) in [5, 5.41) is 10.5. The molecule has 2 rings (SSSR count). The summed E-state index contributed by atoms with van der Waals surface area (Å²) in [4.78, 5) is 12.4. The molecule has 3 heteroatoms. The van der Waals surface area contributed by atoms with Crippen LogP contribution < -0.4 is 0 Å². The number of rotatable bonds is 1. The predicted molar refractivity (Wildman–Crippen MR) is 93.2 cm³/mol. The van der Waals surface area contributed by atoms with Crippen molar-refractivity contribution in [3.05, 3.63) is 23.8 Å². The summed E-state index contributed by atoms with van der Waals surface area (Å²) in [5.74, 6) is 0.923. The Balaban J connectivity index is 2.29. The van der Waals surface area contributed by atoms with Crippen LogP contribution in [-0.4, -0.2) is 28.2 Å². The molecule has 0 spiro atoms. The number of aliphatic hydroxyl groups is 1. The van der Waals surface area contributed by atoms with Gasteiger partial charge in [0.05, 0.1) is 17.3 Å². The second-order valence-corrected chi connectivity index (χ2v) is 8.30. The third-order valence-corrected chi connectivity index (χ3v) is 5.27. The van der Waals surface area contributed by atoms with Crippen LogP contribution in [0.2, 0.25) is 0 Å². The van der Waals surface area contributed by atoms with Crippen molar-refractivity contribution in [2.75, 3.05) is 0 Å². The van der Waals surface area contributed by atoms with Gasteiger partial charge in [0.15, 0.2) is 0 Å². The molecule has 2 aliphatic heterocycles. The Bertz CT molecular complexity index is 501. The van der Waals surface area contributed by atoms with E-state index in [-0.39, 0.29) is 23.9 Å². The lowest BCUT2D eigenvalue weighted by molar-refractivity contribution is -0.128. The van der Waals surface area contributed by atoms with Gasteiger partial charge >= 0.3 is 0 Å². The van der Waals surface area contributed by atoms with E-state index in [0.717, 1.165) is 19.3 Å². The van der Waals surface area contributed by atoms with Crippen LogP contribution in [0.3, 0.4) is 0 Å². The zero-order valence-electron chi connectivity index (χ0n) is 15.3. The lowest BCUT2D eigenvalue weighted by Crippen LogP contribution is -2.32. The molecule has 0 amide bonds. The van der Waals surface area contributed by atoms with Crippen molar-refractivity contribution in [2.24, 2.45) is 11.8 Å². The Hall–Kier alpha value is -0.930. The standard InChI is InChI=1S/C20H32O3/c1-14(2)16-7-6-15(3)18-9-11-20(5,23-18)13-17(21)12-19(4,22)10-8-16/h6,8,10,14,16,18,22H,7,9,11-13H2,1-5H3. The fourth-order valence-electron chi connectivity index (χ4n) is 3.64. The van der Waals surface area contributed by atoms with Crippen LogP contribution in [-0.2, 0) is 9.53 Å². The van der Waals surface area contributed by atoms with Crippen LogP contribution in [0, 0.1) is 11.8 Å². The number of carbonyl (C=O) groups is 1. The summed E-state index contributed by atoms with van der Waals surface area (Å²) in [7, 11) is 0. The van der Waals surface area contributed by atoms with E-state index in [9.17, 15) is 9.90 Å². The Morgan fingerprint density at radius 2 is 2.00 bits per heavy atom. The average molecular weight is 320 g/mol. The maximum atomic E-state index is 12.4. The van der Waals surface area contributed by atoms with E-state index >= 15 is 0 Å². The van der Waals surface area contributed by atoms with E-state index in [1.165, 1.54) is 5.57 Å². The van der Waals surface area contributed by atoms with E-state index in [1.807, 2.05) is 13.0 Å². The summed E-state index contributed by atoms with van der Waals surface area (Å²) in [6, 6.07) is 0. The summed E-state index contributed by atoms with van der Waals surface area (Å²) in [6.07, 6.45) is 9.67. The first-order valence-electron chi connectivity index (χ1n) is 8.88. The van der Waals surface area contributed by atoms with E-state index in [1.54, 1.807) is 6.92 Å². The predicted octanol–water partition coefficient (Wildman–Crippen LogP) is 4.20. The topological polar surface area (TPSA) is 46.5 Å². The van der Waals surface area contributed by atoms with Crippen molar-refractivity contribution >= 4 is 5.78 Å². The van der Waals surface area contributed by atoms with Crippen molar-refractivity contribution in [3.8, 4) is 0 Å². The van der Waals surface area contributed by atoms with Crippen LogP contribution in [0.1, 0.15) is 66.7 Å². The molecule has 3 nitrogen and oxygen atoms in total. The number of ether oxygens (including phenoxy) is 1. The number of carbonyl (C=O) groups excluding carboxylic acids is 1. The first-order valence-corrected chi connectivity index (χ1v) is 8.88. The zero-order valence-corrected chi connectivity index (χ0v) is 15.3. The normalized spacial score (nSPS) is 39.6. The van der Waals surface area contributed by atoms with Gasteiger partial charge in [0.25, 0.3) is 0 Å². The molecular formula is C20H32O3. The quantitative estimate of drug-likeness (QED) is 0.736. The average Bonchev–Trinajstić information content (AvgIpc) is 2.78. The van der Waals surface area contributed by atoms with Crippen LogP contribution in [0.4, 0.5) is 0 Å². The molecule has 4 atom stereocenters. The number of Topliss-reactive ketones (excluding diaryl/α,β-unsaturated/α-hetero) is 1. The molecule has 0 aliphatic carbocycles. The van der Waals surface area contributed by atoms with Gasteiger partial charge in [0.1, 0.15) is 5.78 Å². The number of allylic oxidation sites excluding steroid dienone is 2. The zero-order chi connectivity index (χ0) is 17.3. The van der Waals surface area contributed by atoms with E-state index < -0.39 is 5.60 Å². The molecule has 2 aliphatic rings. The molecule has 2 heterocycles. The molecule has 130 valence electrons. The second-order valence-electron chi connectivity index (χ2n) is 8.30. The smallest absolute Gasteiger partial charge is 0.138 e. The van der Waals surface area contributed by atoms with Gasteiger partial charge in [-0.3, -0.25) is 4.79 Å². The summed E-state index contributed by atoms with van der Waals surface area (Å²) < 4.78 is 6.22. The third-order valence-electron chi connectivity index (χ3n) is 5.27.